The Balaban J connectivity index is 2.57. The van der Waals surface area contributed by atoms with Gasteiger partial charge >= 0.3 is 0 Å². The van der Waals surface area contributed by atoms with E-state index in [0.717, 1.165) is 5.52 Å². The van der Waals surface area contributed by atoms with Gasteiger partial charge in [0.15, 0.2) is 0 Å². The van der Waals surface area contributed by atoms with Crippen LogP contribution in [0.25, 0.3) is 21.7 Å². The Bertz CT molecular complexity index is 608. The van der Waals surface area contributed by atoms with E-state index in [0.29, 0.717) is 0 Å². The van der Waals surface area contributed by atoms with E-state index in [9.17, 15) is 0 Å². The van der Waals surface area contributed by atoms with Crippen LogP contribution in [0.3, 0.4) is 0 Å². The fourth-order valence-electron chi connectivity index (χ4n) is 1.88. The predicted octanol–water partition coefficient (Wildman–Crippen LogP) is 3.02. The van der Waals surface area contributed by atoms with Crippen LogP contribution in [0.1, 0.15) is 5.56 Å². The van der Waals surface area contributed by atoms with Crippen LogP contribution in [-0.2, 0) is 0 Å². The van der Waals surface area contributed by atoms with Crippen molar-refractivity contribution in [2.45, 2.75) is 6.92 Å². The Morgan fingerprint density at radius 2 is 2.00 bits per heavy atom. The zero-order valence-electron chi connectivity index (χ0n) is 7.91. The first-order valence-electron chi connectivity index (χ1n) is 4.67. The number of H-pyrrole nitrogens is 1. The molecule has 0 spiro atoms. The predicted molar refractivity (Wildman–Crippen MR) is 58.3 cm³/mol. The van der Waals surface area contributed by atoms with E-state index >= 15 is 0 Å². The van der Waals surface area contributed by atoms with Crippen LogP contribution in [0.4, 0.5) is 0 Å². The van der Waals surface area contributed by atoms with Gasteiger partial charge in [0.25, 0.3) is 0 Å². The summed E-state index contributed by atoms with van der Waals surface area (Å²) in [5.74, 6) is 0. The highest BCUT2D eigenvalue weighted by Crippen LogP contribution is 2.24. The Hall–Kier alpha value is -1.83. The van der Waals surface area contributed by atoms with Crippen molar-refractivity contribution in [2.75, 3.05) is 0 Å². The van der Waals surface area contributed by atoms with Crippen molar-refractivity contribution in [1.29, 1.82) is 0 Å². The van der Waals surface area contributed by atoms with Crippen LogP contribution >= 0.6 is 0 Å². The molecule has 3 rings (SSSR count). The molecule has 0 saturated heterocycles. The van der Waals surface area contributed by atoms with Gasteiger partial charge in [-0.3, -0.25) is 5.10 Å². The maximum absolute atomic E-state index is 4.05. The number of nitrogens with one attached hydrogen (secondary N) is 1. The van der Waals surface area contributed by atoms with Gasteiger partial charge < -0.3 is 0 Å². The van der Waals surface area contributed by atoms with E-state index in [1.807, 2.05) is 6.20 Å². The minimum Gasteiger partial charge on any atom is -0.278 e. The summed E-state index contributed by atoms with van der Waals surface area (Å²) >= 11 is 0. The van der Waals surface area contributed by atoms with E-state index < -0.39 is 0 Å². The monoisotopic (exact) mass is 182 g/mol. The molecule has 0 unspecified atom stereocenters. The van der Waals surface area contributed by atoms with E-state index in [1.54, 1.807) is 0 Å². The van der Waals surface area contributed by atoms with E-state index in [4.69, 9.17) is 0 Å². The van der Waals surface area contributed by atoms with Crippen LogP contribution in [0, 0.1) is 6.92 Å². The second-order valence-corrected chi connectivity index (χ2v) is 3.62. The lowest BCUT2D eigenvalue weighted by molar-refractivity contribution is 1.12. The number of hydrogen-bond acceptors (Lipinski definition) is 1. The first-order valence-corrected chi connectivity index (χ1v) is 4.67. The third kappa shape index (κ3) is 0.940. The lowest BCUT2D eigenvalue weighted by atomic mass is 10.0. The summed E-state index contributed by atoms with van der Waals surface area (Å²) in [6.45, 7) is 2.11. The quantitative estimate of drug-likeness (QED) is 0.568. The number of hydrogen-bond donors (Lipinski definition) is 1. The largest absolute Gasteiger partial charge is 0.278 e. The molecule has 0 amide bonds. The maximum Gasteiger partial charge on any atom is 0.0656 e. The number of aryl methyl sites for hydroxylation is 1. The molecule has 0 bridgehead atoms. The molecule has 0 aliphatic heterocycles. The summed E-state index contributed by atoms with van der Waals surface area (Å²) in [6, 6.07) is 10.7. The Morgan fingerprint density at radius 1 is 1.07 bits per heavy atom. The van der Waals surface area contributed by atoms with Gasteiger partial charge in [-0.1, -0.05) is 29.8 Å². The molecule has 2 heteroatoms. The molecule has 2 nitrogen and oxygen atoms in total. The van der Waals surface area contributed by atoms with Crippen molar-refractivity contribution in [2.24, 2.45) is 0 Å². The van der Waals surface area contributed by atoms with Gasteiger partial charge in [-0.05, 0) is 23.8 Å². The van der Waals surface area contributed by atoms with E-state index in [2.05, 4.69) is 47.5 Å². The fraction of sp³-hybridized carbons (Fsp3) is 0.0833. The first kappa shape index (κ1) is 7.56. The van der Waals surface area contributed by atoms with Gasteiger partial charge in [0.05, 0.1) is 11.7 Å². The van der Waals surface area contributed by atoms with Crippen molar-refractivity contribution < 1.29 is 0 Å². The van der Waals surface area contributed by atoms with Crippen LogP contribution in [0.5, 0.6) is 0 Å². The second kappa shape index (κ2) is 2.58. The van der Waals surface area contributed by atoms with Crippen LogP contribution in [0.15, 0.2) is 36.5 Å². The highest BCUT2D eigenvalue weighted by Gasteiger charge is 2.01. The minimum atomic E-state index is 1.10. The fourth-order valence-corrected chi connectivity index (χ4v) is 1.88. The molecule has 0 atom stereocenters. The number of rotatable bonds is 0. The first-order chi connectivity index (χ1) is 6.84. The third-order valence-corrected chi connectivity index (χ3v) is 2.60. The number of benzene rings is 2. The molecule has 68 valence electrons. The van der Waals surface area contributed by atoms with Gasteiger partial charge in [-0.2, -0.15) is 5.10 Å². The zero-order valence-corrected chi connectivity index (χ0v) is 7.91. The Morgan fingerprint density at radius 3 is 2.93 bits per heavy atom. The minimum absolute atomic E-state index is 1.10. The standard InChI is InChI=1S/C12H10N2/c1-8-2-4-10-9(6-8)3-5-12-11(10)7-13-14-12/h2-7H,1H3,(H,13,14). The Labute approximate surface area is 81.6 Å². The maximum atomic E-state index is 4.05. The van der Waals surface area contributed by atoms with E-state index in [1.165, 1.54) is 21.7 Å². The summed E-state index contributed by atoms with van der Waals surface area (Å²) in [7, 11) is 0. The molecule has 14 heavy (non-hydrogen) atoms. The zero-order chi connectivity index (χ0) is 9.54. The van der Waals surface area contributed by atoms with Crippen molar-refractivity contribution in [3.63, 3.8) is 0 Å². The molecule has 2 aromatic carbocycles. The summed E-state index contributed by atoms with van der Waals surface area (Å²) in [5, 5.41) is 10.8. The van der Waals surface area contributed by atoms with Crippen LogP contribution in [0.2, 0.25) is 0 Å². The number of fused-ring (bicyclic) bond motifs is 3. The topological polar surface area (TPSA) is 28.7 Å². The molecule has 0 radical (unpaired) electrons. The average molecular weight is 182 g/mol. The molecule has 0 aliphatic rings. The molecule has 1 heterocycles. The molecule has 3 aromatic rings. The highest BCUT2D eigenvalue weighted by atomic mass is 15.1. The van der Waals surface area contributed by atoms with Crippen molar-refractivity contribution >= 4 is 21.7 Å². The molecule has 1 aromatic heterocycles. The normalized spacial score (nSPS) is 11.2. The number of nitrogens with zero attached hydrogens (tertiary/aromatic N) is 1. The van der Waals surface area contributed by atoms with Crippen molar-refractivity contribution in [3.8, 4) is 0 Å². The molecular weight excluding hydrogens is 172 g/mol. The number of aromatic nitrogens is 2. The van der Waals surface area contributed by atoms with Gasteiger partial charge in [0.2, 0.25) is 0 Å². The van der Waals surface area contributed by atoms with Gasteiger partial charge in [-0.15, -0.1) is 0 Å². The summed E-state index contributed by atoms with van der Waals surface area (Å²) in [5.41, 5.74) is 2.39. The Kier molecular flexibility index (Phi) is 1.39. The van der Waals surface area contributed by atoms with Crippen molar-refractivity contribution in [3.05, 3.63) is 42.1 Å². The number of aromatic amines is 1. The molecule has 0 fully saturated rings. The summed E-state index contributed by atoms with van der Waals surface area (Å²) in [6.07, 6.45) is 1.88. The highest BCUT2D eigenvalue weighted by molar-refractivity contribution is 6.05. The van der Waals surface area contributed by atoms with Crippen LogP contribution < -0.4 is 0 Å². The van der Waals surface area contributed by atoms with Crippen LogP contribution in [-0.4, -0.2) is 10.2 Å². The smallest absolute Gasteiger partial charge is 0.0656 e. The van der Waals surface area contributed by atoms with E-state index in [-0.39, 0.29) is 0 Å². The lowest BCUT2D eigenvalue weighted by Crippen LogP contribution is -1.76. The molecule has 1 N–H and O–H groups in total. The van der Waals surface area contributed by atoms with Gasteiger partial charge in [0, 0.05) is 5.39 Å². The summed E-state index contributed by atoms with van der Waals surface area (Å²) in [4.78, 5) is 0. The molecule has 0 saturated carbocycles. The van der Waals surface area contributed by atoms with Gasteiger partial charge in [-0.25, -0.2) is 0 Å². The summed E-state index contributed by atoms with van der Waals surface area (Å²) < 4.78 is 0. The molecular formula is C12H10N2. The SMILES string of the molecule is Cc1ccc2c(ccc3[nH]ncc32)c1. The lowest BCUT2D eigenvalue weighted by Gasteiger charge is -1.99. The van der Waals surface area contributed by atoms with Gasteiger partial charge in [0.1, 0.15) is 0 Å². The molecule has 0 aliphatic carbocycles. The average Bonchev–Trinajstić information content (AvgIpc) is 2.65. The second-order valence-electron chi connectivity index (χ2n) is 3.62. The van der Waals surface area contributed by atoms with Crippen molar-refractivity contribution in [1.82, 2.24) is 10.2 Å². The third-order valence-electron chi connectivity index (χ3n) is 2.60.